The number of benzene rings is 4. The average molecular weight is 670 g/mol. The third kappa shape index (κ3) is 7.45. The topological polar surface area (TPSA) is 114 Å². The third-order valence-corrected chi connectivity index (χ3v) is 9.90. The van der Waals surface area contributed by atoms with Crippen LogP contribution in [0.2, 0.25) is 5.02 Å². The predicted molar refractivity (Wildman–Crippen MR) is 180 cm³/mol. The van der Waals surface area contributed by atoms with Crippen molar-refractivity contribution in [3.8, 4) is 0 Å². The van der Waals surface area contributed by atoms with Crippen molar-refractivity contribution in [2.75, 3.05) is 24.2 Å². The van der Waals surface area contributed by atoms with E-state index in [0.717, 1.165) is 16.7 Å². The van der Waals surface area contributed by atoms with Gasteiger partial charge in [-0.2, -0.15) is 0 Å². The van der Waals surface area contributed by atoms with Gasteiger partial charge in [-0.1, -0.05) is 109 Å². The molecule has 0 radical (unpaired) electrons. The van der Waals surface area contributed by atoms with Gasteiger partial charge in [0.25, 0.3) is 0 Å². The summed E-state index contributed by atoms with van der Waals surface area (Å²) in [5, 5.41) is 5.55. The van der Waals surface area contributed by atoms with E-state index in [9.17, 15) is 19.2 Å². The van der Waals surface area contributed by atoms with Gasteiger partial charge in [0.2, 0.25) is 11.8 Å². The van der Waals surface area contributed by atoms with Crippen molar-refractivity contribution >= 4 is 52.9 Å². The molecule has 2 unspecified atom stereocenters. The molecule has 9 nitrogen and oxygen atoms in total. The zero-order chi connectivity index (χ0) is 32.8. The number of carbonyl (C=O) groups excluding carboxylic acids is 4. The molecule has 11 heteroatoms. The van der Waals surface area contributed by atoms with E-state index in [1.54, 1.807) is 29.2 Å². The summed E-state index contributed by atoms with van der Waals surface area (Å²) in [6, 6.07) is 33.9. The second kappa shape index (κ2) is 14.3. The maximum atomic E-state index is 14.3. The molecular weight excluding hydrogens is 638 g/mol. The molecule has 2 saturated heterocycles. The Balaban J connectivity index is 1.20. The van der Waals surface area contributed by atoms with E-state index in [-0.39, 0.29) is 42.5 Å². The Morgan fingerprint density at radius 3 is 2.17 bits per heavy atom. The highest BCUT2D eigenvalue weighted by Crippen LogP contribution is 2.44. The van der Waals surface area contributed by atoms with Crippen LogP contribution in [0.1, 0.15) is 22.8 Å². The number of esters is 1. The van der Waals surface area contributed by atoms with Gasteiger partial charge in [-0.3, -0.25) is 19.7 Å². The first-order chi connectivity index (χ1) is 22.8. The van der Waals surface area contributed by atoms with Gasteiger partial charge in [-0.05, 0) is 34.9 Å². The van der Waals surface area contributed by atoms with E-state index in [1.165, 1.54) is 11.8 Å². The van der Waals surface area contributed by atoms with Gasteiger partial charge in [0.15, 0.2) is 6.10 Å². The number of carbonyl (C=O) groups is 4. The van der Waals surface area contributed by atoms with Gasteiger partial charge in [-0.25, -0.2) is 4.79 Å². The largest absolute Gasteiger partial charge is 0.452 e. The molecule has 2 N–H and O–H groups in total. The number of β-lactam (4-membered cyclic amide) rings is 1. The minimum atomic E-state index is -1.39. The molecule has 0 saturated carbocycles. The van der Waals surface area contributed by atoms with Crippen molar-refractivity contribution in [1.29, 1.82) is 0 Å². The fourth-order valence-corrected chi connectivity index (χ4v) is 7.35. The maximum absolute atomic E-state index is 14.3. The zero-order valence-electron chi connectivity index (χ0n) is 25.2. The SMILES string of the molecule is O=C(Cc1ccccc1)NC1C(=O)N2CC(COC(=O)Nc3cccc(Cl)c3)(C(=O)OC(c3ccccc3)c3ccccc3)CS[C@H]12. The molecule has 0 aliphatic carbocycles. The summed E-state index contributed by atoms with van der Waals surface area (Å²) in [6.45, 7) is -0.392. The van der Waals surface area contributed by atoms with Gasteiger partial charge >= 0.3 is 12.1 Å². The number of rotatable bonds is 10. The van der Waals surface area contributed by atoms with Gasteiger partial charge in [0, 0.05) is 23.0 Å². The predicted octanol–water partition coefficient (Wildman–Crippen LogP) is 5.85. The Hall–Kier alpha value is -4.80. The quantitative estimate of drug-likeness (QED) is 0.161. The fraction of sp³-hybridized carbons (Fsp3) is 0.222. The van der Waals surface area contributed by atoms with Gasteiger partial charge < -0.3 is 19.7 Å². The number of nitrogens with zero attached hydrogens (tertiary/aromatic N) is 1. The molecule has 3 amide bonds. The van der Waals surface area contributed by atoms with E-state index >= 15 is 0 Å². The molecule has 4 aromatic rings. The zero-order valence-corrected chi connectivity index (χ0v) is 26.8. The first-order valence-corrected chi connectivity index (χ1v) is 16.5. The number of hydrogen-bond acceptors (Lipinski definition) is 7. The van der Waals surface area contributed by atoms with Crippen molar-refractivity contribution in [2.24, 2.45) is 5.41 Å². The lowest BCUT2D eigenvalue weighted by Gasteiger charge is -2.54. The first kappa shape index (κ1) is 32.2. The molecule has 0 bridgehead atoms. The van der Waals surface area contributed by atoms with Crippen LogP contribution in [0.3, 0.4) is 0 Å². The smallest absolute Gasteiger partial charge is 0.411 e. The fourth-order valence-electron chi connectivity index (χ4n) is 5.64. The van der Waals surface area contributed by atoms with E-state index < -0.39 is 29.6 Å². The molecule has 240 valence electrons. The molecule has 4 aromatic carbocycles. The second-order valence-electron chi connectivity index (χ2n) is 11.5. The number of anilines is 1. The number of ether oxygens (including phenoxy) is 2. The monoisotopic (exact) mass is 669 g/mol. The van der Waals surface area contributed by atoms with E-state index in [0.29, 0.717) is 10.7 Å². The summed E-state index contributed by atoms with van der Waals surface area (Å²) in [4.78, 5) is 54.8. The van der Waals surface area contributed by atoms with Crippen LogP contribution < -0.4 is 10.6 Å². The van der Waals surface area contributed by atoms with E-state index in [4.69, 9.17) is 21.1 Å². The first-order valence-electron chi connectivity index (χ1n) is 15.1. The minimum Gasteiger partial charge on any atom is -0.452 e. The summed E-state index contributed by atoms with van der Waals surface area (Å²) < 4.78 is 11.9. The Kier molecular flexibility index (Phi) is 9.79. The highest BCUT2D eigenvalue weighted by Gasteiger charge is 2.58. The standard InChI is InChI=1S/C36H32ClN3O6S/c37-27-17-10-18-28(20-27)38-35(44)45-22-36(34(43)46-31(25-13-6-2-7-14-25)26-15-8-3-9-16-26)21-40-32(42)30(33(40)47-23-36)39-29(41)19-24-11-4-1-5-12-24/h1-18,20,30-31,33H,19,21-23H2,(H,38,44)(H,39,41)/t30?,33-,36?/m1/s1. The van der Waals surface area contributed by atoms with Crippen LogP contribution in [-0.2, 0) is 30.3 Å². The lowest BCUT2D eigenvalue weighted by Crippen LogP contribution is -2.74. The number of hydrogen-bond donors (Lipinski definition) is 2. The molecule has 3 atom stereocenters. The van der Waals surface area contributed by atoms with Crippen molar-refractivity contribution in [1.82, 2.24) is 10.2 Å². The molecule has 2 aliphatic heterocycles. The molecule has 2 aliphatic rings. The summed E-state index contributed by atoms with van der Waals surface area (Å²) in [5.41, 5.74) is 1.42. The Morgan fingerprint density at radius 2 is 1.53 bits per heavy atom. The van der Waals surface area contributed by atoms with Crippen molar-refractivity contribution in [3.05, 3.63) is 137 Å². The number of nitrogens with one attached hydrogen (secondary N) is 2. The molecular formula is C36H32ClN3O6S. The van der Waals surface area contributed by atoms with Crippen LogP contribution in [0.15, 0.2) is 115 Å². The second-order valence-corrected chi connectivity index (χ2v) is 13.0. The number of amides is 3. The van der Waals surface area contributed by atoms with Crippen LogP contribution in [0.25, 0.3) is 0 Å². The van der Waals surface area contributed by atoms with Crippen LogP contribution >= 0.6 is 23.4 Å². The Bertz CT molecular complexity index is 1710. The van der Waals surface area contributed by atoms with Crippen molar-refractivity contribution in [2.45, 2.75) is 23.9 Å². The third-order valence-electron chi connectivity index (χ3n) is 8.08. The molecule has 0 aromatic heterocycles. The normalized spacial score (nSPS) is 20.0. The molecule has 2 heterocycles. The van der Waals surface area contributed by atoms with Crippen LogP contribution in [0.5, 0.6) is 0 Å². The summed E-state index contributed by atoms with van der Waals surface area (Å²) in [5.74, 6) is -1.000. The lowest BCUT2D eigenvalue weighted by molar-refractivity contribution is -0.168. The van der Waals surface area contributed by atoms with Gasteiger partial charge in [0.05, 0.1) is 6.42 Å². The Labute approximate surface area is 281 Å². The molecule has 2 fully saturated rings. The highest BCUT2D eigenvalue weighted by molar-refractivity contribution is 8.00. The van der Waals surface area contributed by atoms with Crippen LogP contribution in [0, 0.1) is 5.41 Å². The summed E-state index contributed by atoms with van der Waals surface area (Å²) in [6.07, 6.45) is -1.37. The number of fused-ring (bicyclic) bond motifs is 1. The highest BCUT2D eigenvalue weighted by atomic mass is 35.5. The van der Waals surface area contributed by atoms with Crippen molar-refractivity contribution < 1.29 is 28.7 Å². The minimum absolute atomic E-state index is 0.0475. The number of thioether (sulfide) groups is 1. The van der Waals surface area contributed by atoms with E-state index in [1.807, 2.05) is 91.0 Å². The van der Waals surface area contributed by atoms with Crippen molar-refractivity contribution in [3.63, 3.8) is 0 Å². The maximum Gasteiger partial charge on any atom is 0.411 e. The molecule has 6 rings (SSSR count). The molecule has 0 spiro atoms. The average Bonchev–Trinajstić information content (AvgIpc) is 3.09. The van der Waals surface area contributed by atoms with Crippen LogP contribution in [-0.4, -0.2) is 59.1 Å². The summed E-state index contributed by atoms with van der Waals surface area (Å²) >= 11 is 7.40. The summed E-state index contributed by atoms with van der Waals surface area (Å²) in [7, 11) is 0. The van der Waals surface area contributed by atoms with Gasteiger partial charge in [-0.15, -0.1) is 11.8 Å². The Morgan fingerprint density at radius 1 is 0.894 bits per heavy atom. The van der Waals surface area contributed by atoms with Gasteiger partial charge in [0.1, 0.15) is 23.4 Å². The van der Waals surface area contributed by atoms with Crippen LogP contribution in [0.4, 0.5) is 10.5 Å². The van der Waals surface area contributed by atoms with E-state index in [2.05, 4.69) is 10.6 Å². The lowest BCUT2D eigenvalue weighted by atomic mass is 9.87. The molecule has 47 heavy (non-hydrogen) atoms. The number of halogens is 1.